The average molecular weight is 519 g/mol. The van der Waals surface area contributed by atoms with Crippen molar-refractivity contribution in [2.75, 3.05) is 91.6 Å². The molecule has 0 spiro atoms. The molecule has 1 aromatic heterocycles. The van der Waals surface area contributed by atoms with Gasteiger partial charge in [0.2, 0.25) is 0 Å². The smallest absolute Gasteiger partial charge is 0.124 e. The van der Waals surface area contributed by atoms with Gasteiger partial charge in [0.15, 0.2) is 0 Å². The maximum atomic E-state index is 5.62. The van der Waals surface area contributed by atoms with Gasteiger partial charge in [0.1, 0.15) is 5.01 Å². The molecule has 0 aliphatic rings. The van der Waals surface area contributed by atoms with Crippen molar-refractivity contribution < 1.29 is 28.4 Å². The van der Waals surface area contributed by atoms with Crippen molar-refractivity contribution in [3.8, 4) is 10.6 Å². The molecule has 198 valence electrons. The minimum atomic E-state index is 0.544. The Morgan fingerprint density at radius 3 is 1.83 bits per heavy atom. The second-order valence-electron chi connectivity index (χ2n) is 8.05. The number of methoxy groups -OCH3 is 1. The van der Waals surface area contributed by atoms with Crippen LogP contribution < -0.4 is 5.32 Å². The van der Waals surface area contributed by atoms with Crippen LogP contribution in [0, 0.1) is 6.92 Å². The number of ether oxygens (including phenoxy) is 6. The van der Waals surface area contributed by atoms with Crippen molar-refractivity contribution in [2.24, 2.45) is 0 Å². The lowest BCUT2D eigenvalue weighted by molar-refractivity contribution is -0.0141. The molecule has 0 saturated carbocycles. The summed E-state index contributed by atoms with van der Waals surface area (Å²) in [4.78, 5) is 4.75. The number of thiazole rings is 1. The molecule has 0 radical (unpaired) electrons. The Bertz CT molecular complexity index is 982. The number of benzene rings is 2. The van der Waals surface area contributed by atoms with Crippen LogP contribution >= 0.6 is 11.3 Å². The van der Waals surface area contributed by atoms with E-state index < -0.39 is 0 Å². The molecule has 0 bridgehead atoms. The third-order valence-corrected chi connectivity index (χ3v) is 6.24. The van der Waals surface area contributed by atoms with Crippen molar-refractivity contribution in [1.29, 1.82) is 0 Å². The van der Waals surface area contributed by atoms with Gasteiger partial charge < -0.3 is 33.7 Å². The van der Waals surface area contributed by atoms with Gasteiger partial charge in [0.05, 0.1) is 82.9 Å². The molecule has 0 fully saturated rings. The van der Waals surface area contributed by atoms with Crippen LogP contribution in [0.2, 0.25) is 0 Å². The van der Waals surface area contributed by atoms with Crippen LogP contribution in [0.25, 0.3) is 20.8 Å². The van der Waals surface area contributed by atoms with E-state index in [0.29, 0.717) is 72.7 Å². The fraction of sp³-hybridized carbons (Fsp3) is 0.519. The lowest BCUT2D eigenvalue weighted by Gasteiger charge is -2.09. The SMILES string of the molecule is COCCOCCOCCOCCOCCOCCNc1ccc(-c2nc3ccc(C)cc3s2)cc1. The molecule has 1 N–H and O–H groups in total. The highest BCUT2D eigenvalue weighted by Crippen LogP contribution is 2.31. The standard InChI is InChI=1S/C27H38N2O6S/c1-22-3-8-25-26(21-22)36-27(29-25)23-4-6-24(7-5-23)28-9-10-31-13-14-33-17-18-35-20-19-34-16-15-32-12-11-30-2/h3-8,21,28H,9-20H2,1-2H3. The Morgan fingerprint density at radius 2 is 1.25 bits per heavy atom. The van der Waals surface area contributed by atoms with Gasteiger partial charge in [-0.2, -0.15) is 0 Å². The van der Waals surface area contributed by atoms with Crippen LogP contribution in [0.3, 0.4) is 0 Å². The van der Waals surface area contributed by atoms with E-state index >= 15 is 0 Å². The fourth-order valence-electron chi connectivity index (χ4n) is 3.28. The molecule has 3 aromatic rings. The van der Waals surface area contributed by atoms with Crippen molar-refractivity contribution >= 4 is 27.2 Å². The number of anilines is 1. The highest BCUT2D eigenvalue weighted by Gasteiger charge is 2.06. The predicted molar refractivity (Wildman–Crippen MR) is 144 cm³/mol. The molecule has 0 aliphatic carbocycles. The largest absolute Gasteiger partial charge is 0.383 e. The first-order valence-corrected chi connectivity index (χ1v) is 13.2. The Kier molecular flexibility index (Phi) is 13.7. The highest BCUT2D eigenvalue weighted by molar-refractivity contribution is 7.21. The molecule has 0 unspecified atom stereocenters. The van der Waals surface area contributed by atoms with Crippen LogP contribution in [-0.4, -0.2) is 91.3 Å². The second-order valence-corrected chi connectivity index (χ2v) is 9.08. The van der Waals surface area contributed by atoms with Gasteiger partial charge in [-0.1, -0.05) is 6.07 Å². The summed E-state index contributed by atoms with van der Waals surface area (Å²) in [5, 5.41) is 4.43. The molecule has 3 rings (SSSR count). The number of hydrogen-bond acceptors (Lipinski definition) is 9. The summed E-state index contributed by atoms with van der Waals surface area (Å²) in [6.07, 6.45) is 0. The van der Waals surface area contributed by atoms with Gasteiger partial charge >= 0.3 is 0 Å². The van der Waals surface area contributed by atoms with Crippen LogP contribution in [0.15, 0.2) is 42.5 Å². The first-order valence-electron chi connectivity index (χ1n) is 12.4. The predicted octanol–water partition coefficient (Wildman–Crippen LogP) is 4.41. The number of hydrogen-bond donors (Lipinski definition) is 1. The van der Waals surface area contributed by atoms with E-state index in [1.165, 1.54) is 10.3 Å². The van der Waals surface area contributed by atoms with Crippen molar-refractivity contribution in [3.05, 3.63) is 48.0 Å². The first-order chi connectivity index (χ1) is 17.8. The molecule has 1 heterocycles. The molecule has 2 aromatic carbocycles. The number of nitrogens with one attached hydrogen (secondary N) is 1. The molecule has 0 saturated heterocycles. The second kappa shape index (κ2) is 17.4. The van der Waals surface area contributed by atoms with Gasteiger partial charge in [-0.15, -0.1) is 11.3 Å². The Balaban J connectivity index is 1.14. The molecular weight excluding hydrogens is 480 g/mol. The summed E-state index contributed by atoms with van der Waals surface area (Å²) in [7, 11) is 1.65. The highest BCUT2D eigenvalue weighted by atomic mass is 32.1. The number of nitrogens with zero attached hydrogens (tertiary/aromatic N) is 1. The molecular formula is C27H38N2O6S. The average Bonchev–Trinajstić information content (AvgIpc) is 3.31. The van der Waals surface area contributed by atoms with Gasteiger partial charge in [-0.3, -0.25) is 0 Å². The summed E-state index contributed by atoms with van der Waals surface area (Å²) >= 11 is 1.73. The zero-order valence-electron chi connectivity index (χ0n) is 21.3. The first kappa shape index (κ1) is 28.5. The van der Waals surface area contributed by atoms with Crippen LogP contribution in [0.4, 0.5) is 5.69 Å². The molecule has 0 amide bonds. The molecule has 9 heteroatoms. The molecule has 0 atom stereocenters. The summed E-state index contributed by atoms with van der Waals surface area (Å²) in [6.45, 7) is 9.08. The Labute approximate surface area is 217 Å². The van der Waals surface area contributed by atoms with Crippen LogP contribution in [0.5, 0.6) is 0 Å². The van der Waals surface area contributed by atoms with Crippen LogP contribution in [-0.2, 0) is 28.4 Å². The minimum Gasteiger partial charge on any atom is -0.383 e. The summed E-state index contributed by atoms with van der Waals surface area (Å²) < 4.78 is 33.4. The minimum absolute atomic E-state index is 0.544. The monoisotopic (exact) mass is 518 g/mol. The lowest BCUT2D eigenvalue weighted by Crippen LogP contribution is -2.15. The zero-order chi connectivity index (χ0) is 25.3. The normalized spacial score (nSPS) is 11.4. The summed E-state index contributed by atoms with van der Waals surface area (Å²) in [5.41, 5.74) is 4.51. The van der Waals surface area contributed by atoms with Gasteiger partial charge in [0, 0.05) is 24.9 Å². The molecule has 36 heavy (non-hydrogen) atoms. The molecule has 0 aliphatic heterocycles. The third-order valence-electron chi connectivity index (χ3n) is 5.17. The number of aryl methyl sites for hydroxylation is 1. The Morgan fingerprint density at radius 1 is 0.694 bits per heavy atom. The maximum Gasteiger partial charge on any atom is 0.124 e. The van der Waals surface area contributed by atoms with Gasteiger partial charge in [-0.25, -0.2) is 4.98 Å². The van der Waals surface area contributed by atoms with E-state index in [1.54, 1.807) is 18.4 Å². The topological polar surface area (TPSA) is 80.3 Å². The Hall–Kier alpha value is -2.11. The van der Waals surface area contributed by atoms with Gasteiger partial charge in [0.25, 0.3) is 0 Å². The van der Waals surface area contributed by atoms with E-state index in [1.807, 2.05) is 0 Å². The summed E-state index contributed by atoms with van der Waals surface area (Å²) in [6, 6.07) is 14.7. The maximum absolute atomic E-state index is 5.62. The van der Waals surface area contributed by atoms with Crippen molar-refractivity contribution in [2.45, 2.75) is 6.92 Å². The van der Waals surface area contributed by atoms with Crippen molar-refractivity contribution in [3.63, 3.8) is 0 Å². The van der Waals surface area contributed by atoms with Crippen LogP contribution in [0.1, 0.15) is 5.56 Å². The van der Waals surface area contributed by atoms with E-state index in [2.05, 4.69) is 54.7 Å². The fourth-order valence-corrected chi connectivity index (χ4v) is 4.35. The van der Waals surface area contributed by atoms with E-state index in [4.69, 9.17) is 33.4 Å². The zero-order valence-corrected chi connectivity index (χ0v) is 22.1. The van der Waals surface area contributed by atoms with E-state index in [0.717, 1.165) is 28.3 Å². The number of rotatable bonds is 20. The number of aromatic nitrogens is 1. The lowest BCUT2D eigenvalue weighted by atomic mass is 10.2. The summed E-state index contributed by atoms with van der Waals surface area (Å²) in [5.74, 6) is 0. The molecule has 8 nitrogen and oxygen atoms in total. The number of fused-ring (bicyclic) bond motifs is 1. The van der Waals surface area contributed by atoms with E-state index in [9.17, 15) is 0 Å². The van der Waals surface area contributed by atoms with Gasteiger partial charge in [-0.05, 0) is 48.9 Å². The van der Waals surface area contributed by atoms with Crippen molar-refractivity contribution in [1.82, 2.24) is 4.98 Å². The third kappa shape index (κ3) is 10.9. The van der Waals surface area contributed by atoms with E-state index in [-0.39, 0.29) is 0 Å². The quantitative estimate of drug-likeness (QED) is 0.220.